The molecular weight excluding hydrogens is 368 g/mol. The van der Waals surface area contributed by atoms with Crippen molar-refractivity contribution in [3.05, 3.63) is 77.4 Å². The summed E-state index contributed by atoms with van der Waals surface area (Å²) in [7, 11) is 1.27. The lowest BCUT2D eigenvalue weighted by Crippen LogP contribution is -2.11. The highest BCUT2D eigenvalue weighted by molar-refractivity contribution is 5.96. The number of aromatic nitrogens is 2. The number of rotatable bonds is 5. The second kappa shape index (κ2) is 7.52. The molecule has 0 saturated heterocycles. The summed E-state index contributed by atoms with van der Waals surface area (Å²) in [5.41, 5.74) is 9.51. The number of methoxy groups -OCH3 is 1. The lowest BCUT2D eigenvalue weighted by molar-refractivity contribution is 0.0593. The molecule has 0 spiro atoms. The van der Waals surface area contributed by atoms with Crippen molar-refractivity contribution < 1.29 is 13.9 Å². The molecule has 144 valence electrons. The van der Waals surface area contributed by atoms with Gasteiger partial charge in [0.1, 0.15) is 11.6 Å². The van der Waals surface area contributed by atoms with E-state index in [0.717, 1.165) is 6.42 Å². The summed E-state index contributed by atoms with van der Waals surface area (Å²) in [6, 6.07) is 17.5. The van der Waals surface area contributed by atoms with Crippen LogP contribution in [0.2, 0.25) is 0 Å². The number of anilines is 1. The van der Waals surface area contributed by atoms with Crippen LogP contribution in [-0.4, -0.2) is 22.6 Å². The zero-order valence-electron chi connectivity index (χ0n) is 15.8. The van der Waals surface area contributed by atoms with Crippen LogP contribution in [0, 0.1) is 11.3 Å². The van der Waals surface area contributed by atoms with E-state index in [2.05, 4.69) is 17.1 Å². The number of carbonyl (C=O) groups is 1. The summed E-state index contributed by atoms with van der Waals surface area (Å²) < 4.78 is 12.2. The number of nitrogen functional groups attached to an aromatic ring is 1. The van der Waals surface area contributed by atoms with Crippen LogP contribution in [0.4, 0.5) is 5.69 Å². The van der Waals surface area contributed by atoms with E-state index in [-0.39, 0.29) is 16.9 Å². The van der Waals surface area contributed by atoms with Crippen molar-refractivity contribution in [3.63, 3.8) is 0 Å². The van der Waals surface area contributed by atoms with Crippen molar-refractivity contribution in [1.82, 2.24) is 9.55 Å². The van der Waals surface area contributed by atoms with E-state index in [1.54, 1.807) is 18.2 Å². The Morgan fingerprint density at radius 2 is 2.03 bits per heavy atom. The Labute approximate surface area is 166 Å². The van der Waals surface area contributed by atoms with Crippen molar-refractivity contribution in [2.24, 2.45) is 0 Å². The molecule has 2 heterocycles. The van der Waals surface area contributed by atoms with Gasteiger partial charge in [-0.2, -0.15) is 5.26 Å². The van der Waals surface area contributed by atoms with Crippen LogP contribution in [0.5, 0.6) is 0 Å². The van der Waals surface area contributed by atoms with Gasteiger partial charge in [-0.15, -0.1) is 0 Å². The second-order valence-corrected chi connectivity index (χ2v) is 6.52. The zero-order valence-corrected chi connectivity index (χ0v) is 15.8. The summed E-state index contributed by atoms with van der Waals surface area (Å²) in [6.45, 7) is 0. The van der Waals surface area contributed by atoms with Crippen molar-refractivity contribution in [1.29, 1.82) is 5.26 Å². The Morgan fingerprint density at radius 1 is 1.24 bits per heavy atom. The molecule has 2 aromatic heterocycles. The van der Waals surface area contributed by atoms with Crippen LogP contribution in [0.1, 0.15) is 27.5 Å². The maximum atomic E-state index is 12.2. The number of nitrogens with zero attached hydrogens (tertiary/aromatic N) is 3. The number of esters is 1. The maximum absolute atomic E-state index is 12.2. The lowest BCUT2D eigenvalue weighted by Gasteiger charge is -2.08. The molecular formula is C22H18N4O3. The van der Waals surface area contributed by atoms with Gasteiger partial charge < -0.3 is 19.5 Å². The minimum atomic E-state index is -0.618. The van der Waals surface area contributed by atoms with Crippen molar-refractivity contribution in [2.75, 3.05) is 12.8 Å². The van der Waals surface area contributed by atoms with E-state index < -0.39 is 5.97 Å². The molecule has 0 radical (unpaired) electrons. The monoisotopic (exact) mass is 386 g/mol. The largest absolute Gasteiger partial charge is 0.464 e. The highest BCUT2D eigenvalue weighted by atomic mass is 16.5. The third-order valence-electron chi connectivity index (χ3n) is 4.71. The van der Waals surface area contributed by atoms with Gasteiger partial charge in [0.15, 0.2) is 17.2 Å². The minimum absolute atomic E-state index is 0.0862. The van der Waals surface area contributed by atoms with Gasteiger partial charge in [-0.25, -0.2) is 9.78 Å². The molecule has 2 aromatic carbocycles. The highest BCUT2D eigenvalue weighted by Gasteiger charge is 2.22. The van der Waals surface area contributed by atoms with Gasteiger partial charge in [0.25, 0.3) is 0 Å². The predicted molar refractivity (Wildman–Crippen MR) is 108 cm³/mol. The number of hydrogen-bond donors (Lipinski definition) is 1. The Bertz CT molecular complexity index is 1230. The summed E-state index contributed by atoms with van der Waals surface area (Å²) in [6.07, 6.45) is 3.02. The molecule has 0 atom stereocenters. The summed E-state index contributed by atoms with van der Waals surface area (Å²) in [5.74, 6) is 0.0201. The lowest BCUT2D eigenvalue weighted by atomic mass is 10.1. The van der Waals surface area contributed by atoms with E-state index in [1.807, 2.05) is 24.3 Å². The van der Waals surface area contributed by atoms with Crippen LogP contribution in [-0.2, 0) is 17.6 Å². The average molecular weight is 386 g/mol. The first-order valence-electron chi connectivity index (χ1n) is 9.03. The molecule has 4 aromatic rings. The van der Waals surface area contributed by atoms with Gasteiger partial charge in [0, 0.05) is 18.3 Å². The third-order valence-corrected chi connectivity index (χ3v) is 4.71. The topological polar surface area (TPSA) is 107 Å². The number of oxazole rings is 1. The first-order chi connectivity index (χ1) is 14.1. The molecule has 0 saturated carbocycles. The van der Waals surface area contributed by atoms with Crippen LogP contribution in [0.3, 0.4) is 0 Å². The molecule has 2 N–H and O–H groups in total. The van der Waals surface area contributed by atoms with E-state index in [1.165, 1.54) is 23.4 Å². The normalized spacial score (nSPS) is 10.8. The standard InChI is InChI=1S/C22H18N4O3/c1-28-22(27)21-20(24)15(12-23)13-26(21)16-8-9-18-17(11-16)25-19(29-18)10-7-14-5-3-2-4-6-14/h2-6,8-9,11,13H,7,10,24H2,1H3. The van der Waals surface area contributed by atoms with Gasteiger partial charge >= 0.3 is 5.97 Å². The van der Waals surface area contributed by atoms with Crippen LogP contribution >= 0.6 is 0 Å². The van der Waals surface area contributed by atoms with Gasteiger partial charge in [0.2, 0.25) is 0 Å². The van der Waals surface area contributed by atoms with E-state index in [0.29, 0.717) is 29.1 Å². The molecule has 0 fully saturated rings. The summed E-state index contributed by atoms with van der Waals surface area (Å²) in [4.78, 5) is 16.7. The Hall–Kier alpha value is -4.05. The number of fused-ring (bicyclic) bond motifs is 1. The number of ether oxygens (including phenoxy) is 1. The van der Waals surface area contributed by atoms with E-state index in [9.17, 15) is 10.1 Å². The molecule has 29 heavy (non-hydrogen) atoms. The fraction of sp³-hybridized carbons (Fsp3) is 0.136. The van der Waals surface area contributed by atoms with Gasteiger partial charge in [0.05, 0.1) is 18.4 Å². The third kappa shape index (κ3) is 3.44. The first-order valence-corrected chi connectivity index (χ1v) is 9.03. The van der Waals surface area contributed by atoms with Crippen LogP contribution < -0.4 is 5.73 Å². The molecule has 0 aliphatic heterocycles. The summed E-state index contributed by atoms with van der Waals surface area (Å²) in [5, 5.41) is 9.26. The van der Waals surface area contributed by atoms with Gasteiger partial charge in [-0.1, -0.05) is 30.3 Å². The maximum Gasteiger partial charge on any atom is 0.357 e. The Morgan fingerprint density at radius 3 is 2.76 bits per heavy atom. The minimum Gasteiger partial charge on any atom is -0.464 e. The fourth-order valence-electron chi connectivity index (χ4n) is 3.23. The number of nitrogens with two attached hydrogens (primary N) is 1. The molecule has 7 nitrogen and oxygen atoms in total. The molecule has 7 heteroatoms. The SMILES string of the molecule is COC(=O)c1c(N)c(C#N)cn1-c1ccc2oc(CCc3ccccc3)nc2c1. The molecule has 0 bridgehead atoms. The van der Waals surface area contributed by atoms with Gasteiger partial charge in [-0.05, 0) is 30.2 Å². The zero-order chi connectivity index (χ0) is 20.4. The molecule has 0 aliphatic carbocycles. The number of nitriles is 1. The first kappa shape index (κ1) is 18.3. The second-order valence-electron chi connectivity index (χ2n) is 6.52. The van der Waals surface area contributed by atoms with Crippen molar-refractivity contribution >= 4 is 22.8 Å². The molecule has 4 rings (SSSR count). The fourth-order valence-corrected chi connectivity index (χ4v) is 3.23. The van der Waals surface area contributed by atoms with Crippen molar-refractivity contribution in [2.45, 2.75) is 12.8 Å². The highest BCUT2D eigenvalue weighted by Crippen LogP contribution is 2.27. The average Bonchev–Trinajstić information content (AvgIpc) is 3.32. The molecule has 0 amide bonds. The van der Waals surface area contributed by atoms with E-state index >= 15 is 0 Å². The van der Waals surface area contributed by atoms with Crippen LogP contribution in [0.25, 0.3) is 16.8 Å². The Balaban J connectivity index is 1.68. The van der Waals surface area contributed by atoms with Crippen LogP contribution in [0.15, 0.2) is 59.1 Å². The number of benzene rings is 2. The van der Waals surface area contributed by atoms with Gasteiger partial charge in [-0.3, -0.25) is 0 Å². The number of hydrogen-bond acceptors (Lipinski definition) is 6. The predicted octanol–water partition coefficient (Wildman–Crippen LogP) is 3.64. The van der Waals surface area contributed by atoms with Crippen molar-refractivity contribution in [3.8, 4) is 11.8 Å². The number of aryl methyl sites for hydroxylation is 2. The number of carbonyl (C=O) groups excluding carboxylic acids is 1. The molecule has 0 aliphatic rings. The molecule has 0 unspecified atom stereocenters. The Kier molecular flexibility index (Phi) is 4.75. The summed E-state index contributed by atoms with van der Waals surface area (Å²) >= 11 is 0. The quantitative estimate of drug-likeness (QED) is 0.525. The smallest absolute Gasteiger partial charge is 0.357 e. The van der Waals surface area contributed by atoms with E-state index in [4.69, 9.17) is 14.9 Å².